The fourth-order valence-electron chi connectivity index (χ4n) is 1.12. The number of rotatable bonds is 5. The molecule has 0 atom stereocenters. The molecule has 0 spiro atoms. The maximum absolute atomic E-state index is 10.9. The molecular weight excluding hydrogens is 216 g/mol. The highest BCUT2D eigenvalue weighted by Crippen LogP contribution is 2.23. The zero-order chi connectivity index (χ0) is 11.3. The van der Waals surface area contributed by atoms with Crippen molar-refractivity contribution >= 4 is 17.6 Å². The lowest BCUT2D eigenvalue weighted by atomic mass is 10.2. The summed E-state index contributed by atoms with van der Waals surface area (Å²) in [4.78, 5) is 10.9. The largest absolute Gasteiger partial charge is 0.493 e. The molecule has 4 heteroatoms. The second-order valence-corrected chi connectivity index (χ2v) is 3.58. The third-order valence-corrected chi connectivity index (χ3v) is 2.16. The molecule has 0 aliphatic rings. The zero-order valence-corrected chi connectivity index (χ0v) is 9.25. The Labute approximate surface area is 93.6 Å². The number of unbranched alkanes of at least 4 members (excludes halogenated alkanes) is 1. The third kappa shape index (κ3) is 3.44. The standard InChI is InChI=1S/C11H13ClO3/c1-2-3-6-15-10-5-4-8(12)7-9(10)11(13)14/h4-5,7H,2-3,6H2,1H3,(H,13,14). The molecule has 1 aromatic rings. The Kier molecular flexibility index (Phi) is 4.43. The van der Waals surface area contributed by atoms with Gasteiger partial charge in [-0.3, -0.25) is 0 Å². The van der Waals surface area contributed by atoms with E-state index in [0.717, 1.165) is 12.8 Å². The van der Waals surface area contributed by atoms with E-state index in [9.17, 15) is 4.79 Å². The van der Waals surface area contributed by atoms with E-state index in [1.54, 1.807) is 12.1 Å². The van der Waals surface area contributed by atoms with E-state index in [1.807, 2.05) is 6.92 Å². The van der Waals surface area contributed by atoms with Crippen LogP contribution in [-0.2, 0) is 0 Å². The van der Waals surface area contributed by atoms with Gasteiger partial charge in [-0.05, 0) is 24.6 Å². The van der Waals surface area contributed by atoms with Crippen molar-refractivity contribution in [3.8, 4) is 5.75 Å². The van der Waals surface area contributed by atoms with Crippen LogP contribution < -0.4 is 4.74 Å². The van der Waals surface area contributed by atoms with Gasteiger partial charge in [-0.1, -0.05) is 24.9 Å². The van der Waals surface area contributed by atoms with Gasteiger partial charge in [0.05, 0.1) is 6.61 Å². The molecule has 0 fully saturated rings. The number of ether oxygens (including phenoxy) is 1. The summed E-state index contributed by atoms with van der Waals surface area (Å²) in [6.45, 7) is 2.57. The molecule has 0 saturated heterocycles. The molecule has 1 aromatic carbocycles. The van der Waals surface area contributed by atoms with E-state index in [4.69, 9.17) is 21.4 Å². The van der Waals surface area contributed by atoms with Crippen LogP contribution in [0.4, 0.5) is 0 Å². The molecule has 0 saturated carbocycles. The minimum Gasteiger partial charge on any atom is -0.493 e. The fourth-order valence-corrected chi connectivity index (χ4v) is 1.29. The molecule has 3 nitrogen and oxygen atoms in total. The second-order valence-electron chi connectivity index (χ2n) is 3.15. The van der Waals surface area contributed by atoms with Gasteiger partial charge in [-0.2, -0.15) is 0 Å². The van der Waals surface area contributed by atoms with Crippen LogP contribution in [0, 0.1) is 0 Å². The van der Waals surface area contributed by atoms with Gasteiger partial charge in [-0.15, -0.1) is 0 Å². The van der Waals surface area contributed by atoms with Crippen LogP contribution >= 0.6 is 11.6 Å². The van der Waals surface area contributed by atoms with Crippen molar-refractivity contribution in [2.75, 3.05) is 6.61 Å². The van der Waals surface area contributed by atoms with Crippen molar-refractivity contribution in [3.63, 3.8) is 0 Å². The van der Waals surface area contributed by atoms with Gasteiger partial charge in [0.25, 0.3) is 0 Å². The SMILES string of the molecule is CCCCOc1ccc(Cl)cc1C(=O)O. The van der Waals surface area contributed by atoms with Crippen LogP contribution in [0.1, 0.15) is 30.1 Å². The van der Waals surface area contributed by atoms with Gasteiger partial charge in [0.15, 0.2) is 0 Å². The first kappa shape index (κ1) is 11.9. The Morgan fingerprint density at radius 1 is 1.53 bits per heavy atom. The molecule has 0 radical (unpaired) electrons. The highest BCUT2D eigenvalue weighted by Gasteiger charge is 2.11. The molecular formula is C11H13ClO3. The topological polar surface area (TPSA) is 46.5 Å². The van der Waals surface area contributed by atoms with Crippen LogP contribution in [0.2, 0.25) is 5.02 Å². The highest BCUT2D eigenvalue weighted by molar-refractivity contribution is 6.31. The second kappa shape index (κ2) is 5.61. The lowest BCUT2D eigenvalue weighted by Crippen LogP contribution is -2.04. The van der Waals surface area contributed by atoms with Crippen molar-refractivity contribution < 1.29 is 14.6 Å². The normalized spacial score (nSPS) is 10.0. The summed E-state index contributed by atoms with van der Waals surface area (Å²) in [6, 6.07) is 4.60. The smallest absolute Gasteiger partial charge is 0.339 e. The van der Waals surface area contributed by atoms with E-state index in [1.165, 1.54) is 6.07 Å². The zero-order valence-electron chi connectivity index (χ0n) is 8.50. The van der Waals surface area contributed by atoms with E-state index < -0.39 is 5.97 Å². The van der Waals surface area contributed by atoms with Crippen LogP contribution in [0.3, 0.4) is 0 Å². The van der Waals surface area contributed by atoms with Crippen molar-refractivity contribution in [2.24, 2.45) is 0 Å². The molecule has 1 N–H and O–H groups in total. The number of carbonyl (C=O) groups is 1. The summed E-state index contributed by atoms with van der Waals surface area (Å²) in [6.07, 6.45) is 1.91. The van der Waals surface area contributed by atoms with Gasteiger partial charge in [0, 0.05) is 5.02 Å². The summed E-state index contributed by atoms with van der Waals surface area (Å²) in [5, 5.41) is 9.31. The number of hydrogen-bond acceptors (Lipinski definition) is 2. The highest BCUT2D eigenvalue weighted by atomic mass is 35.5. The summed E-state index contributed by atoms with van der Waals surface area (Å²) in [7, 11) is 0. The lowest BCUT2D eigenvalue weighted by molar-refractivity contribution is 0.0692. The van der Waals surface area contributed by atoms with Crippen LogP contribution in [0.25, 0.3) is 0 Å². The van der Waals surface area contributed by atoms with E-state index in [-0.39, 0.29) is 5.56 Å². The molecule has 0 unspecified atom stereocenters. The molecule has 0 heterocycles. The predicted molar refractivity (Wildman–Crippen MR) is 58.8 cm³/mol. The predicted octanol–water partition coefficient (Wildman–Crippen LogP) is 3.22. The van der Waals surface area contributed by atoms with Gasteiger partial charge in [0.1, 0.15) is 11.3 Å². The Morgan fingerprint density at radius 3 is 2.87 bits per heavy atom. The average Bonchev–Trinajstić information content (AvgIpc) is 2.20. The summed E-state index contributed by atoms with van der Waals surface area (Å²) < 4.78 is 5.35. The van der Waals surface area contributed by atoms with Crippen LogP contribution in [0.15, 0.2) is 18.2 Å². The average molecular weight is 229 g/mol. The van der Waals surface area contributed by atoms with E-state index in [0.29, 0.717) is 17.4 Å². The van der Waals surface area contributed by atoms with E-state index in [2.05, 4.69) is 0 Å². The number of halogens is 1. The summed E-state index contributed by atoms with van der Waals surface area (Å²) >= 11 is 5.70. The minimum absolute atomic E-state index is 0.110. The first-order chi connectivity index (χ1) is 7.15. The fraction of sp³-hybridized carbons (Fsp3) is 0.364. The molecule has 0 aromatic heterocycles. The Morgan fingerprint density at radius 2 is 2.27 bits per heavy atom. The number of carboxylic acids is 1. The number of aromatic carboxylic acids is 1. The van der Waals surface area contributed by atoms with Gasteiger partial charge in [-0.25, -0.2) is 4.79 Å². The maximum atomic E-state index is 10.9. The third-order valence-electron chi connectivity index (χ3n) is 1.93. The van der Waals surface area contributed by atoms with Gasteiger partial charge >= 0.3 is 5.97 Å². The molecule has 0 aliphatic heterocycles. The summed E-state index contributed by atoms with van der Waals surface area (Å²) in [5.41, 5.74) is 0.110. The first-order valence-electron chi connectivity index (χ1n) is 4.80. The number of benzene rings is 1. The number of hydrogen-bond donors (Lipinski definition) is 1. The minimum atomic E-state index is -1.02. The molecule has 82 valence electrons. The van der Waals surface area contributed by atoms with Gasteiger partial charge < -0.3 is 9.84 Å². The molecule has 0 bridgehead atoms. The van der Waals surface area contributed by atoms with Crippen molar-refractivity contribution in [2.45, 2.75) is 19.8 Å². The molecule has 0 amide bonds. The van der Waals surface area contributed by atoms with Crippen molar-refractivity contribution in [3.05, 3.63) is 28.8 Å². The van der Waals surface area contributed by atoms with Crippen LogP contribution in [0.5, 0.6) is 5.75 Å². The molecule has 1 rings (SSSR count). The number of carboxylic acid groups (broad SMARTS) is 1. The summed E-state index contributed by atoms with van der Waals surface area (Å²) in [5.74, 6) is -0.649. The Balaban J connectivity index is 2.81. The molecule has 0 aliphatic carbocycles. The quantitative estimate of drug-likeness (QED) is 0.788. The van der Waals surface area contributed by atoms with Crippen LogP contribution in [-0.4, -0.2) is 17.7 Å². The van der Waals surface area contributed by atoms with Gasteiger partial charge in [0.2, 0.25) is 0 Å². The molecule has 15 heavy (non-hydrogen) atoms. The van der Waals surface area contributed by atoms with E-state index >= 15 is 0 Å². The maximum Gasteiger partial charge on any atom is 0.339 e. The Hall–Kier alpha value is -1.22. The first-order valence-corrected chi connectivity index (χ1v) is 5.18. The van der Waals surface area contributed by atoms with Crippen molar-refractivity contribution in [1.82, 2.24) is 0 Å². The van der Waals surface area contributed by atoms with Crippen molar-refractivity contribution in [1.29, 1.82) is 0 Å². The lowest BCUT2D eigenvalue weighted by Gasteiger charge is -2.08. The Bertz CT molecular complexity index is 350. The monoisotopic (exact) mass is 228 g/mol.